The zero-order valence-electron chi connectivity index (χ0n) is 15.2. The monoisotopic (exact) mass is 372 g/mol. The van der Waals surface area contributed by atoms with Crippen LogP contribution in [0.15, 0.2) is 42.5 Å². The van der Waals surface area contributed by atoms with Gasteiger partial charge in [0.1, 0.15) is 11.4 Å². The Morgan fingerprint density at radius 3 is 2.56 bits per heavy atom. The Morgan fingerprint density at radius 1 is 1.11 bits per heavy atom. The van der Waals surface area contributed by atoms with Crippen molar-refractivity contribution >= 4 is 11.8 Å². The van der Waals surface area contributed by atoms with Crippen LogP contribution in [0.4, 0.5) is 4.39 Å². The largest absolute Gasteiger partial charge is 0.483 e. The van der Waals surface area contributed by atoms with Gasteiger partial charge in [0.15, 0.2) is 18.1 Å². The van der Waals surface area contributed by atoms with Gasteiger partial charge < -0.3 is 9.47 Å². The molecule has 3 rings (SSSR count). The van der Waals surface area contributed by atoms with Crippen LogP contribution >= 0.6 is 0 Å². The van der Waals surface area contributed by atoms with E-state index in [1.807, 2.05) is 26.0 Å². The first-order chi connectivity index (χ1) is 12.8. The minimum Gasteiger partial charge on any atom is -0.483 e. The molecule has 2 aromatic carbocycles. The van der Waals surface area contributed by atoms with Crippen LogP contribution in [0.2, 0.25) is 0 Å². The van der Waals surface area contributed by atoms with Gasteiger partial charge in [0.2, 0.25) is 5.91 Å². The Kier molecular flexibility index (Phi) is 5.30. The number of hydrogen-bond donors (Lipinski definition) is 2. The van der Waals surface area contributed by atoms with Crippen molar-refractivity contribution in [2.24, 2.45) is 0 Å². The minimum absolute atomic E-state index is 0.0243. The summed E-state index contributed by atoms with van der Waals surface area (Å²) in [6.07, 6.45) is 0.793. The van der Waals surface area contributed by atoms with Gasteiger partial charge in [-0.2, -0.15) is 0 Å². The summed E-state index contributed by atoms with van der Waals surface area (Å²) in [6.45, 7) is 3.71. The van der Waals surface area contributed by atoms with Crippen LogP contribution in [0.1, 0.15) is 25.0 Å². The Labute approximate surface area is 156 Å². The molecule has 0 saturated carbocycles. The highest BCUT2D eigenvalue weighted by atomic mass is 19.1. The van der Waals surface area contributed by atoms with Crippen LogP contribution in [0, 0.1) is 5.82 Å². The van der Waals surface area contributed by atoms with E-state index in [9.17, 15) is 14.0 Å². The van der Waals surface area contributed by atoms with Crippen LogP contribution < -0.4 is 20.3 Å². The molecule has 0 spiro atoms. The van der Waals surface area contributed by atoms with Crippen molar-refractivity contribution in [3.63, 3.8) is 0 Å². The zero-order chi connectivity index (χ0) is 19.4. The average Bonchev–Trinajstić information content (AvgIpc) is 2.94. The van der Waals surface area contributed by atoms with Gasteiger partial charge >= 0.3 is 0 Å². The summed E-state index contributed by atoms with van der Waals surface area (Å²) in [5, 5.41) is 0. The normalized spacial score (nSPS) is 14.0. The number of hydrazine groups is 1. The lowest BCUT2D eigenvalue weighted by Gasteiger charge is -2.18. The third kappa shape index (κ3) is 4.97. The summed E-state index contributed by atoms with van der Waals surface area (Å²) in [6, 6.07) is 11.1. The molecule has 27 heavy (non-hydrogen) atoms. The summed E-state index contributed by atoms with van der Waals surface area (Å²) in [7, 11) is 0. The molecule has 2 N–H and O–H groups in total. The molecule has 6 nitrogen and oxygen atoms in total. The number of ether oxygens (including phenoxy) is 2. The molecule has 1 heterocycles. The van der Waals surface area contributed by atoms with Crippen LogP contribution in [-0.4, -0.2) is 24.0 Å². The Bertz CT molecular complexity index is 850. The topological polar surface area (TPSA) is 76.7 Å². The Hall–Kier alpha value is -3.09. The molecule has 2 aromatic rings. The van der Waals surface area contributed by atoms with Crippen LogP contribution in [0.3, 0.4) is 0 Å². The molecule has 1 aliphatic heterocycles. The molecular formula is C20H21FN2O4. The first kappa shape index (κ1) is 18.7. The third-order valence-corrected chi connectivity index (χ3v) is 4.03. The lowest BCUT2D eigenvalue weighted by atomic mass is 10.0. The maximum Gasteiger partial charge on any atom is 0.276 e. The highest BCUT2D eigenvalue weighted by Crippen LogP contribution is 2.41. The van der Waals surface area contributed by atoms with E-state index in [2.05, 4.69) is 10.9 Å². The Balaban J connectivity index is 1.46. The summed E-state index contributed by atoms with van der Waals surface area (Å²) in [5.41, 5.74) is 5.96. The van der Waals surface area contributed by atoms with Crippen molar-refractivity contribution in [1.29, 1.82) is 0 Å². The molecule has 0 atom stereocenters. The second-order valence-electron chi connectivity index (χ2n) is 6.97. The number of hydrogen-bond acceptors (Lipinski definition) is 4. The van der Waals surface area contributed by atoms with Gasteiger partial charge in [-0.25, -0.2) is 4.39 Å². The fourth-order valence-corrected chi connectivity index (χ4v) is 2.85. The quantitative estimate of drug-likeness (QED) is 0.790. The lowest BCUT2D eigenvalue weighted by molar-refractivity contribution is -0.129. The SMILES string of the molecule is CC1(C)Cc2cccc(OCC(=O)NNC(=O)Cc3ccc(F)cc3)c2O1. The van der Waals surface area contributed by atoms with E-state index in [0.29, 0.717) is 17.1 Å². The van der Waals surface area contributed by atoms with Gasteiger partial charge in [0.05, 0.1) is 6.42 Å². The number of amides is 2. The average molecular weight is 372 g/mol. The van der Waals surface area contributed by atoms with Crippen molar-refractivity contribution in [3.05, 3.63) is 59.4 Å². The van der Waals surface area contributed by atoms with Crippen molar-refractivity contribution in [2.75, 3.05) is 6.61 Å². The fourth-order valence-electron chi connectivity index (χ4n) is 2.85. The van der Waals surface area contributed by atoms with Crippen LogP contribution in [-0.2, 0) is 22.4 Å². The molecule has 0 fully saturated rings. The van der Waals surface area contributed by atoms with Gasteiger partial charge in [-0.1, -0.05) is 24.3 Å². The van der Waals surface area contributed by atoms with Crippen LogP contribution in [0.5, 0.6) is 11.5 Å². The van der Waals surface area contributed by atoms with E-state index in [0.717, 1.165) is 12.0 Å². The van der Waals surface area contributed by atoms with Gasteiger partial charge in [0, 0.05) is 12.0 Å². The van der Waals surface area contributed by atoms with Crippen LogP contribution in [0.25, 0.3) is 0 Å². The highest BCUT2D eigenvalue weighted by Gasteiger charge is 2.32. The van der Waals surface area contributed by atoms with E-state index >= 15 is 0 Å². The number of carbonyl (C=O) groups is 2. The molecule has 1 aliphatic rings. The standard InChI is InChI=1S/C20H21FN2O4/c1-20(2)11-14-4-3-5-16(19(14)27-20)26-12-18(25)23-22-17(24)10-13-6-8-15(21)9-7-13/h3-9H,10-12H2,1-2H3,(H,22,24)(H,23,25). The summed E-state index contributed by atoms with van der Waals surface area (Å²) < 4.78 is 24.3. The molecule has 0 radical (unpaired) electrons. The molecule has 7 heteroatoms. The second-order valence-corrected chi connectivity index (χ2v) is 6.97. The summed E-state index contributed by atoms with van der Waals surface area (Å²) in [4.78, 5) is 23.7. The smallest absolute Gasteiger partial charge is 0.276 e. The van der Waals surface area contributed by atoms with Gasteiger partial charge in [-0.15, -0.1) is 0 Å². The lowest BCUT2D eigenvalue weighted by Crippen LogP contribution is -2.44. The molecule has 0 unspecified atom stereocenters. The van der Waals surface area contributed by atoms with Crippen molar-refractivity contribution < 1.29 is 23.5 Å². The molecule has 0 saturated heterocycles. The van der Waals surface area contributed by atoms with Crippen molar-refractivity contribution in [2.45, 2.75) is 32.3 Å². The molecule has 0 aromatic heterocycles. The first-order valence-electron chi connectivity index (χ1n) is 8.58. The van der Waals surface area contributed by atoms with Crippen molar-refractivity contribution in [1.82, 2.24) is 10.9 Å². The predicted molar refractivity (Wildman–Crippen MR) is 96.7 cm³/mol. The number of fused-ring (bicyclic) bond motifs is 1. The van der Waals surface area contributed by atoms with E-state index in [1.165, 1.54) is 24.3 Å². The van der Waals surface area contributed by atoms with E-state index in [1.54, 1.807) is 6.07 Å². The first-order valence-corrected chi connectivity index (χ1v) is 8.58. The van der Waals surface area contributed by atoms with Gasteiger partial charge in [-0.05, 0) is 37.6 Å². The number of rotatable bonds is 5. The number of nitrogens with one attached hydrogen (secondary N) is 2. The molecule has 0 aliphatic carbocycles. The highest BCUT2D eigenvalue weighted by molar-refractivity contribution is 5.83. The minimum atomic E-state index is -0.502. The fraction of sp³-hybridized carbons (Fsp3) is 0.300. The van der Waals surface area contributed by atoms with E-state index in [4.69, 9.17) is 9.47 Å². The number of halogens is 1. The molecule has 142 valence electrons. The molecule has 0 bridgehead atoms. The molecular weight excluding hydrogens is 351 g/mol. The van der Waals surface area contributed by atoms with E-state index < -0.39 is 11.8 Å². The van der Waals surface area contributed by atoms with Gasteiger partial charge in [0.25, 0.3) is 5.91 Å². The van der Waals surface area contributed by atoms with E-state index in [-0.39, 0.29) is 24.4 Å². The molecule has 2 amide bonds. The second kappa shape index (κ2) is 7.65. The number of benzene rings is 2. The summed E-state index contributed by atoms with van der Waals surface area (Å²) >= 11 is 0. The Morgan fingerprint density at radius 2 is 1.81 bits per heavy atom. The number of carbonyl (C=O) groups excluding carboxylic acids is 2. The summed E-state index contributed by atoms with van der Waals surface area (Å²) in [5.74, 6) is -0.149. The third-order valence-electron chi connectivity index (χ3n) is 4.03. The van der Waals surface area contributed by atoms with Crippen molar-refractivity contribution in [3.8, 4) is 11.5 Å². The maximum atomic E-state index is 12.8. The van der Waals surface area contributed by atoms with Gasteiger partial charge in [-0.3, -0.25) is 20.4 Å². The number of para-hydroxylation sites is 1. The zero-order valence-corrected chi connectivity index (χ0v) is 15.2. The predicted octanol–water partition coefficient (Wildman–Crippen LogP) is 2.31. The maximum absolute atomic E-state index is 12.8.